The quantitative estimate of drug-likeness (QED) is 0.837. The average molecular weight is 264 g/mol. The molecule has 1 aromatic carbocycles. The van der Waals surface area contributed by atoms with Crippen molar-refractivity contribution in [3.05, 3.63) is 29.8 Å². The summed E-state index contributed by atoms with van der Waals surface area (Å²) in [5.41, 5.74) is 1.14. The Morgan fingerprint density at radius 1 is 1.16 bits per heavy atom. The zero-order valence-corrected chi connectivity index (χ0v) is 12.3. The second-order valence-electron chi connectivity index (χ2n) is 4.40. The third-order valence-corrected chi connectivity index (χ3v) is 3.04. The number of hydrogen-bond acceptors (Lipinski definition) is 3. The van der Waals surface area contributed by atoms with Crippen molar-refractivity contribution in [1.82, 2.24) is 9.80 Å². The van der Waals surface area contributed by atoms with Crippen LogP contribution in [0.25, 0.3) is 0 Å². The molecule has 1 aromatic rings. The highest BCUT2D eigenvalue weighted by Gasteiger charge is 2.21. The summed E-state index contributed by atoms with van der Waals surface area (Å²) in [5, 5.41) is 0. The predicted octanol–water partition coefficient (Wildman–Crippen LogP) is 2.00. The third kappa shape index (κ3) is 4.56. The second kappa shape index (κ2) is 7.79. The maximum Gasteiger partial charge on any atom is 0.237 e. The number of rotatable bonds is 3. The van der Waals surface area contributed by atoms with E-state index < -0.39 is 0 Å². The van der Waals surface area contributed by atoms with Crippen LogP contribution in [-0.4, -0.2) is 49.5 Å². The molecule has 0 atom stereocenters. The number of likely N-dealkylation sites (N-methyl/N-ethyl adjacent to an activating group) is 1. The molecular formula is C15H24N2O2. The van der Waals surface area contributed by atoms with E-state index in [0.717, 1.165) is 24.4 Å². The number of nitrogens with zero attached hydrogens (tertiary/aromatic N) is 2. The zero-order chi connectivity index (χ0) is 14.3. The Labute approximate surface area is 116 Å². The first-order chi connectivity index (χ1) is 9.19. The van der Waals surface area contributed by atoms with Crippen LogP contribution in [0.2, 0.25) is 0 Å². The Hall–Kier alpha value is -1.55. The van der Waals surface area contributed by atoms with Gasteiger partial charge in [-0.2, -0.15) is 0 Å². The van der Waals surface area contributed by atoms with Gasteiger partial charge in [-0.1, -0.05) is 26.0 Å². The molecule has 1 saturated heterocycles. The van der Waals surface area contributed by atoms with Crippen molar-refractivity contribution in [2.75, 3.05) is 33.8 Å². The molecule has 1 heterocycles. The molecule has 0 N–H and O–H groups in total. The first-order valence-electron chi connectivity index (χ1n) is 6.78. The lowest BCUT2D eigenvalue weighted by Crippen LogP contribution is -2.48. The van der Waals surface area contributed by atoms with Crippen LogP contribution in [0.3, 0.4) is 0 Å². The summed E-state index contributed by atoms with van der Waals surface area (Å²) < 4.78 is 5.11. The summed E-state index contributed by atoms with van der Waals surface area (Å²) in [6.07, 6.45) is 0. The number of amides is 1. The lowest BCUT2D eigenvalue weighted by molar-refractivity contribution is -0.136. The van der Waals surface area contributed by atoms with Crippen LogP contribution in [0, 0.1) is 0 Å². The number of methoxy groups -OCH3 is 1. The van der Waals surface area contributed by atoms with Crippen LogP contribution in [0.1, 0.15) is 19.4 Å². The number of carbonyl (C=O) groups is 1. The maximum atomic E-state index is 11.8. The van der Waals surface area contributed by atoms with Gasteiger partial charge in [0.05, 0.1) is 13.7 Å². The molecular weight excluding hydrogens is 240 g/mol. The minimum atomic E-state index is 0.203. The van der Waals surface area contributed by atoms with Gasteiger partial charge in [-0.15, -0.1) is 0 Å². The second-order valence-corrected chi connectivity index (χ2v) is 4.40. The highest BCUT2D eigenvalue weighted by molar-refractivity contribution is 5.79. The van der Waals surface area contributed by atoms with Crippen molar-refractivity contribution in [2.45, 2.75) is 20.4 Å². The summed E-state index contributed by atoms with van der Waals surface area (Å²) in [6.45, 7) is 6.97. The molecule has 2 rings (SSSR count). The largest absolute Gasteiger partial charge is 0.497 e. The summed E-state index contributed by atoms with van der Waals surface area (Å²) in [6, 6.07) is 7.86. The van der Waals surface area contributed by atoms with E-state index >= 15 is 0 Å². The van der Waals surface area contributed by atoms with Gasteiger partial charge in [-0.3, -0.25) is 9.69 Å². The molecule has 0 spiro atoms. The van der Waals surface area contributed by atoms with E-state index in [2.05, 4.69) is 0 Å². The van der Waals surface area contributed by atoms with Crippen molar-refractivity contribution in [2.24, 2.45) is 0 Å². The Morgan fingerprint density at radius 2 is 1.79 bits per heavy atom. The Bertz CT molecular complexity index is 390. The van der Waals surface area contributed by atoms with E-state index in [0.29, 0.717) is 13.1 Å². The number of ether oxygens (including phenoxy) is 1. The number of hydrogen-bond donors (Lipinski definition) is 0. The van der Waals surface area contributed by atoms with Crippen molar-refractivity contribution < 1.29 is 9.53 Å². The van der Waals surface area contributed by atoms with Gasteiger partial charge in [0.2, 0.25) is 5.91 Å². The lowest BCUT2D eigenvalue weighted by Gasteiger charge is -2.32. The van der Waals surface area contributed by atoms with E-state index in [9.17, 15) is 4.79 Å². The molecule has 1 fully saturated rings. The fraction of sp³-hybridized carbons (Fsp3) is 0.533. The molecule has 4 heteroatoms. The molecule has 0 bridgehead atoms. The van der Waals surface area contributed by atoms with Gasteiger partial charge in [0.1, 0.15) is 5.75 Å². The number of carbonyl (C=O) groups excluding carboxylic acids is 1. The van der Waals surface area contributed by atoms with E-state index in [1.807, 2.05) is 55.0 Å². The van der Waals surface area contributed by atoms with Gasteiger partial charge in [0.15, 0.2) is 0 Å². The molecule has 1 aliphatic rings. The number of benzene rings is 1. The Morgan fingerprint density at radius 3 is 2.32 bits per heavy atom. The summed E-state index contributed by atoms with van der Waals surface area (Å²) in [5.74, 6) is 1.05. The van der Waals surface area contributed by atoms with Crippen LogP contribution in [-0.2, 0) is 11.3 Å². The zero-order valence-electron chi connectivity index (χ0n) is 12.3. The molecule has 0 aliphatic carbocycles. The van der Waals surface area contributed by atoms with Gasteiger partial charge in [-0.05, 0) is 24.7 Å². The van der Waals surface area contributed by atoms with E-state index in [1.165, 1.54) is 0 Å². The molecule has 1 aliphatic heterocycles. The molecule has 4 nitrogen and oxygen atoms in total. The van der Waals surface area contributed by atoms with E-state index in [4.69, 9.17) is 4.74 Å². The van der Waals surface area contributed by atoms with E-state index in [-0.39, 0.29) is 5.91 Å². The smallest absolute Gasteiger partial charge is 0.237 e. The van der Waals surface area contributed by atoms with Crippen LogP contribution in [0.5, 0.6) is 5.75 Å². The van der Waals surface area contributed by atoms with Crippen molar-refractivity contribution in [1.29, 1.82) is 0 Å². The van der Waals surface area contributed by atoms with Gasteiger partial charge < -0.3 is 9.64 Å². The van der Waals surface area contributed by atoms with Crippen molar-refractivity contribution in [3.63, 3.8) is 0 Å². The average Bonchev–Trinajstić information content (AvgIpc) is 2.45. The van der Waals surface area contributed by atoms with Crippen LogP contribution >= 0.6 is 0 Å². The van der Waals surface area contributed by atoms with Gasteiger partial charge in [0, 0.05) is 19.6 Å². The lowest BCUT2D eigenvalue weighted by atomic mass is 10.2. The normalized spacial score (nSPS) is 15.8. The van der Waals surface area contributed by atoms with Crippen molar-refractivity contribution in [3.8, 4) is 5.75 Å². The minimum absolute atomic E-state index is 0.203. The highest BCUT2D eigenvalue weighted by atomic mass is 16.5. The summed E-state index contributed by atoms with van der Waals surface area (Å²) in [4.78, 5) is 15.7. The molecule has 0 radical (unpaired) electrons. The molecule has 0 aromatic heterocycles. The SMILES string of the molecule is CC.COc1ccc(CN2CCN(C)CC2=O)cc1. The summed E-state index contributed by atoms with van der Waals surface area (Å²) >= 11 is 0. The fourth-order valence-corrected chi connectivity index (χ4v) is 1.94. The van der Waals surface area contributed by atoms with Crippen LogP contribution < -0.4 is 4.74 Å². The fourth-order valence-electron chi connectivity index (χ4n) is 1.94. The monoisotopic (exact) mass is 264 g/mol. The topological polar surface area (TPSA) is 32.8 Å². The maximum absolute atomic E-state index is 11.8. The third-order valence-electron chi connectivity index (χ3n) is 3.04. The van der Waals surface area contributed by atoms with Gasteiger partial charge >= 0.3 is 0 Å². The van der Waals surface area contributed by atoms with Crippen LogP contribution in [0.4, 0.5) is 0 Å². The summed E-state index contributed by atoms with van der Waals surface area (Å²) in [7, 11) is 3.63. The Balaban J connectivity index is 0.000000861. The first-order valence-corrected chi connectivity index (χ1v) is 6.78. The minimum Gasteiger partial charge on any atom is -0.497 e. The van der Waals surface area contributed by atoms with E-state index in [1.54, 1.807) is 7.11 Å². The molecule has 1 amide bonds. The Kier molecular flexibility index (Phi) is 6.36. The first kappa shape index (κ1) is 15.5. The van der Waals surface area contributed by atoms with Gasteiger partial charge in [0.25, 0.3) is 0 Å². The highest BCUT2D eigenvalue weighted by Crippen LogP contribution is 2.14. The molecule has 0 unspecified atom stereocenters. The van der Waals surface area contributed by atoms with Crippen LogP contribution in [0.15, 0.2) is 24.3 Å². The molecule has 0 saturated carbocycles. The van der Waals surface area contributed by atoms with Crippen molar-refractivity contribution >= 4 is 5.91 Å². The standard InChI is InChI=1S/C13H18N2O2.C2H6/c1-14-7-8-15(13(16)10-14)9-11-3-5-12(17-2)6-4-11;1-2/h3-6H,7-10H2,1-2H3;1-2H3. The molecule has 106 valence electrons. The number of piperazine rings is 1. The molecule has 19 heavy (non-hydrogen) atoms. The van der Waals surface area contributed by atoms with Gasteiger partial charge in [-0.25, -0.2) is 0 Å². The predicted molar refractivity (Wildman–Crippen MR) is 77.3 cm³/mol.